The van der Waals surface area contributed by atoms with Crippen molar-refractivity contribution in [3.05, 3.63) is 63.2 Å². The molecule has 1 heterocycles. The summed E-state index contributed by atoms with van der Waals surface area (Å²) in [4.78, 5) is 22.6. The molecule has 0 saturated heterocycles. The molecule has 1 atom stereocenters. The van der Waals surface area contributed by atoms with Gasteiger partial charge in [0.25, 0.3) is 11.6 Å². The van der Waals surface area contributed by atoms with E-state index in [1.807, 2.05) is 0 Å². The predicted octanol–water partition coefficient (Wildman–Crippen LogP) is 2.49. The lowest BCUT2D eigenvalue weighted by Gasteiger charge is -2.12. The van der Waals surface area contributed by atoms with Gasteiger partial charge in [-0.2, -0.15) is 0 Å². The fraction of sp³-hybridized carbons (Fsp3) is 0.278. The molecule has 0 fully saturated rings. The normalized spacial score (nSPS) is 13.3. The summed E-state index contributed by atoms with van der Waals surface area (Å²) < 4.78 is 10.5. The molecule has 8 heteroatoms. The van der Waals surface area contributed by atoms with E-state index in [-0.39, 0.29) is 24.6 Å². The fourth-order valence-electron chi connectivity index (χ4n) is 2.66. The first kappa shape index (κ1) is 17.7. The molecule has 1 amide bonds. The third kappa shape index (κ3) is 3.75. The molecule has 0 aliphatic carbocycles. The molecule has 2 aromatic rings. The molecule has 3 rings (SSSR count). The van der Waals surface area contributed by atoms with Gasteiger partial charge >= 0.3 is 0 Å². The van der Waals surface area contributed by atoms with Crippen LogP contribution >= 0.6 is 0 Å². The van der Waals surface area contributed by atoms with Crippen molar-refractivity contribution in [2.75, 3.05) is 13.3 Å². The number of benzene rings is 2. The summed E-state index contributed by atoms with van der Waals surface area (Å²) in [5.41, 5.74) is 1.26. The highest BCUT2D eigenvalue weighted by Crippen LogP contribution is 2.34. The molecule has 0 bridgehead atoms. The Morgan fingerprint density at radius 2 is 2.04 bits per heavy atom. The summed E-state index contributed by atoms with van der Waals surface area (Å²) in [6.07, 6.45) is -0.489. The number of nitro benzene ring substituents is 1. The lowest BCUT2D eigenvalue weighted by atomic mass is 10.1. The zero-order chi connectivity index (χ0) is 18.7. The molecule has 2 N–H and O–H groups in total. The van der Waals surface area contributed by atoms with E-state index >= 15 is 0 Å². The van der Waals surface area contributed by atoms with Crippen LogP contribution in [0.5, 0.6) is 11.5 Å². The number of hydrogen-bond donors (Lipinski definition) is 2. The summed E-state index contributed by atoms with van der Waals surface area (Å²) in [6.45, 7) is 1.99. The van der Waals surface area contributed by atoms with Gasteiger partial charge in [0.05, 0.1) is 11.0 Å². The highest BCUT2D eigenvalue weighted by molar-refractivity contribution is 5.94. The molecule has 1 aliphatic rings. The van der Waals surface area contributed by atoms with Crippen molar-refractivity contribution in [2.45, 2.75) is 19.4 Å². The smallest absolute Gasteiger partial charge is 0.273 e. The highest BCUT2D eigenvalue weighted by Gasteiger charge is 2.18. The number of nitro groups is 1. The first-order chi connectivity index (χ1) is 12.5. The van der Waals surface area contributed by atoms with Gasteiger partial charge in [-0.1, -0.05) is 12.1 Å². The van der Waals surface area contributed by atoms with Crippen molar-refractivity contribution in [1.82, 2.24) is 5.32 Å². The van der Waals surface area contributed by atoms with Crippen LogP contribution in [-0.2, 0) is 0 Å². The van der Waals surface area contributed by atoms with E-state index in [4.69, 9.17) is 9.47 Å². The number of fused-ring (bicyclic) bond motifs is 1. The van der Waals surface area contributed by atoms with Crippen molar-refractivity contribution in [3.63, 3.8) is 0 Å². The summed E-state index contributed by atoms with van der Waals surface area (Å²) in [7, 11) is 0. The lowest BCUT2D eigenvalue weighted by Crippen LogP contribution is -2.25. The van der Waals surface area contributed by atoms with Crippen LogP contribution in [0.15, 0.2) is 36.4 Å². The second-order valence-corrected chi connectivity index (χ2v) is 5.93. The Morgan fingerprint density at radius 1 is 1.27 bits per heavy atom. The number of amides is 1. The van der Waals surface area contributed by atoms with E-state index in [9.17, 15) is 20.0 Å². The van der Waals surface area contributed by atoms with E-state index < -0.39 is 16.9 Å². The minimum absolute atomic E-state index is 0.0990. The van der Waals surface area contributed by atoms with Gasteiger partial charge in [0, 0.05) is 23.7 Å². The van der Waals surface area contributed by atoms with Gasteiger partial charge in [-0.25, -0.2) is 0 Å². The second-order valence-electron chi connectivity index (χ2n) is 5.93. The Morgan fingerprint density at radius 3 is 2.81 bits per heavy atom. The SMILES string of the molecule is Cc1ccc(C(=O)NCCC(O)c2ccc3c(c2)OCO3)cc1[N+](=O)[O-]. The molecule has 2 aromatic carbocycles. The molecule has 0 radical (unpaired) electrons. The fourth-order valence-corrected chi connectivity index (χ4v) is 2.66. The average molecular weight is 358 g/mol. The van der Waals surface area contributed by atoms with E-state index in [0.29, 0.717) is 29.0 Å². The number of carbonyl (C=O) groups excluding carboxylic acids is 1. The molecule has 0 saturated carbocycles. The zero-order valence-electron chi connectivity index (χ0n) is 14.1. The van der Waals surface area contributed by atoms with Crippen molar-refractivity contribution >= 4 is 11.6 Å². The standard InChI is InChI=1S/C18H18N2O6/c1-11-2-3-13(8-14(11)20(23)24)18(22)19-7-6-15(21)12-4-5-16-17(9-12)26-10-25-16/h2-5,8-9,15,21H,6-7,10H2,1H3,(H,19,22). The summed E-state index contributed by atoms with van der Waals surface area (Å²) in [5, 5.41) is 23.9. The number of ether oxygens (including phenoxy) is 2. The van der Waals surface area contributed by atoms with Crippen LogP contribution in [-0.4, -0.2) is 29.3 Å². The summed E-state index contributed by atoms with van der Waals surface area (Å²) in [6, 6.07) is 9.49. The molecule has 1 unspecified atom stereocenters. The Labute approximate surface area is 149 Å². The number of nitrogens with one attached hydrogen (secondary N) is 1. The van der Waals surface area contributed by atoms with Crippen LogP contribution in [0, 0.1) is 17.0 Å². The van der Waals surface area contributed by atoms with E-state index in [2.05, 4.69) is 5.32 Å². The van der Waals surface area contributed by atoms with Crippen LogP contribution in [0.3, 0.4) is 0 Å². The first-order valence-corrected chi connectivity index (χ1v) is 8.06. The Bertz CT molecular complexity index is 852. The first-order valence-electron chi connectivity index (χ1n) is 8.06. The van der Waals surface area contributed by atoms with Gasteiger partial charge in [0.1, 0.15) is 0 Å². The second kappa shape index (κ2) is 7.40. The van der Waals surface area contributed by atoms with Crippen molar-refractivity contribution in [3.8, 4) is 11.5 Å². The van der Waals surface area contributed by atoms with Gasteiger partial charge in [0.2, 0.25) is 6.79 Å². The molecule has 0 aromatic heterocycles. The minimum atomic E-state index is -0.780. The minimum Gasteiger partial charge on any atom is -0.454 e. The van der Waals surface area contributed by atoms with Crippen molar-refractivity contribution in [1.29, 1.82) is 0 Å². The van der Waals surface area contributed by atoms with E-state index in [1.54, 1.807) is 25.1 Å². The number of aliphatic hydroxyl groups excluding tert-OH is 1. The number of aliphatic hydroxyl groups is 1. The maximum Gasteiger partial charge on any atom is 0.273 e. The van der Waals surface area contributed by atoms with Gasteiger partial charge in [-0.3, -0.25) is 14.9 Å². The molecular formula is C18H18N2O6. The third-order valence-electron chi connectivity index (χ3n) is 4.15. The van der Waals surface area contributed by atoms with Crippen LogP contribution in [0.2, 0.25) is 0 Å². The summed E-state index contributed by atoms with van der Waals surface area (Å²) in [5.74, 6) is 0.791. The molecule has 136 valence electrons. The Balaban J connectivity index is 1.57. The molecular weight excluding hydrogens is 340 g/mol. The highest BCUT2D eigenvalue weighted by atomic mass is 16.7. The molecule has 0 spiro atoms. The monoisotopic (exact) mass is 358 g/mol. The predicted molar refractivity (Wildman–Crippen MR) is 92.3 cm³/mol. The number of nitrogens with zero attached hydrogens (tertiary/aromatic N) is 1. The van der Waals surface area contributed by atoms with Gasteiger partial charge in [0.15, 0.2) is 11.5 Å². The third-order valence-corrected chi connectivity index (χ3v) is 4.15. The van der Waals surface area contributed by atoms with Crippen LogP contribution in [0.25, 0.3) is 0 Å². The van der Waals surface area contributed by atoms with Crippen LogP contribution < -0.4 is 14.8 Å². The van der Waals surface area contributed by atoms with E-state index in [1.165, 1.54) is 18.2 Å². The number of aryl methyl sites for hydroxylation is 1. The number of carbonyl (C=O) groups is 1. The Kier molecular flexibility index (Phi) is 5.04. The summed E-state index contributed by atoms with van der Waals surface area (Å²) >= 11 is 0. The average Bonchev–Trinajstić information content (AvgIpc) is 3.09. The maximum atomic E-state index is 12.2. The number of hydrogen-bond acceptors (Lipinski definition) is 6. The molecule has 1 aliphatic heterocycles. The number of rotatable bonds is 6. The van der Waals surface area contributed by atoms with E-state index in [0.717, 1.165) is 0 Å². The van der Waals surface area contributed by atoms with Gasteiger partial charge < -0.3 is 19.9 Å². The van der Waals surface area contributed by atoms with Gasteiger partial charge in [-0.15, -0.1) is 0 Å². The van der Waals surface area contributed by atoms with Crippen LogP contribution in [0.1, 0.15) is 34.0 Å². The Hall–Kier alpha value is -3.13. The van der Waals surface area contributed by atoms with Gasteiger partial charge in [-0.05, 0) is 37.1 Å². The molecule has 26 heavy (non-hydrogen) atoms. The lowest BCUT2D eigenvalue weighted by molar-refractivity contribution is -0.385. The van der Waals surface area contributed by atoms with Crippen molar-refractivity contribution in [2.24, 2.45) is 0 Å². The molecule has 8 nitrogen and oxygen atoms in total. The quantitative estimate of drug-likeness (QED) is 0.606. The maximum absolute atomic E-state index is 12.2. The zero-order valence-corrected chi connectivity index (χ0v) is 14.1. The topological polar surface area (TPSA) is 111 Å². The van der Waals surface area contributed by atoms with Crippen LogP contribution in [0.4, 0.5) is 5.69 Å². The van der Waals surface area contributed by atoms with Crippen molar-refractivity contribution < 1.29 is 24.3 Å². The largest absolute Gasteiger partial charge is 0.454 e.